The molecule has 1 atom stereocenters. The molecule has 0 saturated carbocycles. The summed E-state index contributed by atoms with van der Waals surface area (Å²) >= 11 is 0. The van der Waals surface area contributed by atoms with E-state index in [0.717, 1.165) is 0 Å². The van der Waals surface area contributed by atoms with Crippen LogP contribution >= 0.6 is 0 Å². The van der Waals surface area contributed by atoms with Crippen LogP contribution in [0.3, 0.4) is 0 Å². The van der Waals surface area contributed by atoms with E-state index in [1.54, 1.807) is 0 Å². The number of hydrogen-bond donors (Lipinski definition) is 1. The first-order chi connectivity index (χ1) is 4.79. The molecule has 0 bridgehead atoms. The second-order valence-electron chi connectivity index (χ2n) is 3.15. The summed E-state index contributed by atoms with van der Waals surface area (Å²) < 4.78 is 0. The monoisotopic (exact) mass is 136 g/mol. The Morgan fingerprint density at radius 1 is 1.60 bits per heavy atom. The molecule has 2 heteroatoms. The van der Waals surface area contributed by atoms with Crippen LogP contribution in [0, 0.1) is 6.92 Å². The number of aromatic amines is 1. The lowest BCUT2D eigenvalue weighted by Crippen LogP contribution is -1.86. The highest BCUT2D eigenvalue weighted by atomic mass is 15.1. The Bertz CT molecular complexity index is 250. The number of aromatic nitrogens is 2. The van der Waals surface area contributed by atoms with Gasteiger partial charge in [-0.3, -0.25) is 5.10 Å². The molecule has 0 saturated heterocycles. The van der Waals surface area contributed by atoms with Crippen LogP contribution in [-0.4, -0.2) is 10.2 Å². The molecule has 1 aliphatic rings. The van der Waals surface area contributed by atoms with Gasteiger partial charge in [-0.05, 0) is 25.3 Å². The van der Waals surface area contributed by atoms with Gasteiger partial charge >= 0.3 is 0 Å². The molecule has 0 aromatic carbocycles. The van der Waals surface area contributed by atoms with Crippen molar-refractivity contribution in [1.29, 1.82) is 0 Å². The normalized spacial score (nSPS) is 23.2. The molecule has 2 nitrogen and oxygen atoms in total. The molecule has 54 valence electrons. The molecule has 1 heterocycles. The minimum absolute atomic E-state index is 0.681. The summed E-state index contributed by atoms with van der Waals surface area (Å²) in [4.78, 5) is 0. The van der Waals surface area contributed by atoms with E-state index >= 15 is 0 Å². The Morgan fingerprint density at radius 3 is 3.10 bits per heavy atom. The van der Waals surface area contributed by atoms with Crippen LogP contribution in [0.1, 0.15) is 36.2 Å². The maximum atomic E-state index is 4.25. The van der Waals surface area contributed by atoms with E-state index in [4.69, 9.17) is 0 Å². The van der Waals surface area contributed by atoms with Gasteiger partial charge in [0.2, 0.25) is 0 Å². The minimum Gasteiger partial charge on any atom is -0.282 e. The van der Waals surface area contributed by atoms with Gasteiger partial charge in [0.15, 0.2) is 0 Å². The summed E-state index contributed by atoms with van der Waals surface area (Å²) in [6, 6.07) is 0. The van der Waals surface area contributed by atoms with Gasteiger partial charge in [0.05, 0.1) is 5.69 Å². The zero-order valence-corrected chi connectivity index (χ0v) is 6.44. The lowest BCUT2D eigenvalue weighted by atomic mass is 10.1. The van der Waals surface area contributed by atoms with Crippen LogP contribution < -0.4 is 0 Å². The summed E-state index contributed by atoms with van der Waals surface area (Å²) in [6.45, 7) is 4.34. The molecule has 10 heavy (non-hydrogen) atoms. The third-order valence-electron chi connectivity index (χ3n) is 2.40. The predicted molar refractivity (Wildman–Crippen MR) is 40.1 cm³/mol. The summed E-state index contributed by atoms with van der Waals surface area (Å²) in [6.07, 6.45) is 2.51. The first-order valence-corrected chi connectivity index (χ1v) is 3.83. The fourth-order valence-electron chi connectivity index (χ4n) is 1.69. The van der Waals surface area contributed by atoms with E-state index in [1.807, 2.05) is 0 Å². The smallest absolute Gasteiger partial charge is 0.0685 e. The Balaban J connectivity index is 2.53. The van der Waals surface area contributed by atoms with Gasteiger partial charge in [-0.15, -0.1) is 0 Å². The maximum Gasteiger partial charge on any atom is 0.0685 e. The van der Waals surface area contributed by atoms with Crippen molar-refractivity contribution in [3.8, 4) is 0 Å². The molecule has 1 aromatic rings. The molecule has 0 unspecified atom stereocenters. The van der Waals surface area contributed by atoms with Gasteiger partial charge in [-0.2, -0.15) is 5.10 Å². The first kappa shape index (κ1) is 5.96. The van der Waals surface area contributed by atoms with E-state index < -0.39 is 0 Å². The minimum atomic E-state index is 0.681. The summed E-state index contributed by atoms with van der Waals surface area (Å²) in [5, 5.41) is 7.27. The van der Waals surface area contributed by atoms with E-state index in [0.29, 0.717) is 5.92 Å². The summed E-state index contributed by atoms with van der Waals surface area (Å²) in [7, 11) is 0. The highest BCUT2D eigenvalue weighted by molar-refractivity contribution is 5.31. The van der Waals surface area contributed by atoms with Crippen LogP contribution in [0.15, 0.2) is 0 Å². The number of H-pyrrole nitrogens is 1. The van der Waals surface area contributed by atoms with Crippen molar-refractivity contribution in [1.82, 2.24) is 10.2 Å². The number of rotatable bonds is 0. The van der Waals surface area contributed by atoms with Crippen molar-refractivity contribution in [3.63, 3.8) is 0 Å². The maximum absolute atomic E-state index is 4.25. The highest BCUT2D eigenvalue weighted by Crippen LogP contribution is 2.31. The summed E-state index contributed by atoms with van der Waals surface area (Å²) in [5.41, 5.74) is 4.03. The van der Waals surface area contributed by atoms with Gasteiger partial charge < -0.3 is 0 Å². The zero-order chi connectivity index (χ0) is 7.14. The SMILES string of the molecule is Cc1[nH]nc2c1CC[C@H]2C. The van der Waals surface area contributed by atoms with Gasteiger partial charge in [-0.25, -0.2) is 0 Å². The van der Waals surface area contributed by atoms with Crippen molar-refractivity contribution in [2.24, 2.45) is 0 Å². The van der Waals surface area contributed by atoms with Gasteiger partial charge in [0.1, 0.15) is 0 Å². The molecule has 0 spiro atoms. The lowest BCUT2D eigenvalue weighted by Gasteiger charge is -1.94. The fraction of sp³-hybridized carbons (Fsp3) is 0.625. The molecular formula is C8H12N2. The molecule has 1 aromatic heterocycles. The molecule has 1 N–H and O–H groups in total. The van der Waals surface area contributed by atoms with E-state index in [-0.39, 0.29) is 0 Å². The Hall–Kier alpha value is -0.790. The van der Waals surface area contributed by atoms with E-state index in [1.165, 1.54) is 29.8 Å². The number of nitrogens with one attached hydrogen (secondary N) is 1. The topological polar surface area (TPSA) is 28.7 Å². The Labute approximate surface area is 60.6 Å². The molecular weight excluding hydrogens is 124 g/mol. The molecule has 2 rings (SSSR count). The average molecular weight is 136 g/mol. The molecule has 0 fully saturated rings. The third kappa shape index (κ3) is 0.618. The number of nitrogens with zero attached hydrogens (tertiary/aromatic N) is 1. The highest BCUT2D eigenvalue weighted by Gasteiger charge is 2.22. The van der Waals surface area contributed by atoms with Crippen molar-refractivity contribution in [3.05, 3.63) is 17.0 Å². The second kappa shape index (κ2) is 1.84. The van der Waals surface area contributed by atoms with Crippen molar-refractivity contribution in [2.75, 3.05) is 0 Å². The first-order valence-electron chi connectivity index (χ1n) is 3.83. The number of fused-ring (bicyclic) bond motifs is 1. The van der Waals surface area contributed by atoms with Crippen LogP contribution in [-0.2, 0) is 6.42 Å². The zero-order valence-electron chi connectivity index (χ0n) is 6.44. The van der Waals surface area contributed by atoms with Crippen molar-refractivity contribution >= 4 is 0 Å². The largest absolute Gasteiger partial charge is 0.282 e. The van der Waals surface area contributed by atoms with Crippen molar-refractivity contribution < 1.29 is 0 Å². The standard InChI is InChI=1S/C8H12N2/c1-5-3-4-7-6(2)9-10-8(5)7/h5H,3-4H2,1-2H3,(H,9,10)/t5-/m1/s1. The van der Waals surface area contributed by atoms with E-state index in [9.17, 15) is 0 Å². The van der Waals surface area contributed by atoms with Gasteiger partial charge in [0, 0.05) is 11.6 Å². The number of hydrogen-bond acceptors (Lipinski definition) is 1. The van der Waals surface area contributed by atoms with E-state index in [2.05, 4.69) is 24.0 Å². The Morgan fingerprint density at radius 2 is 2.40 bits per heavy atom. The molecule has 0 aliphatic heterocycles. The van der Waals surface area contributed by atoms with Crippen LogP contribution in [0.4, 0.5) is 0 Å². The second-order valence-corrected chi connectivity index (χ2v) is 3.15. The fourth-order valence-corrected chi connectivity index (χ4v) is 1.69. The molecule has 1 aliphatic carbocycles. The number of aryl methyl sites for hydroxylation is 1. The van der Waals surface area contributed by atoms with Crippen LogP contribution in [0.2, 0.25) is 0 Å². The average Bonchev–Trinajstić information content (AvgIpc) is 2.41. The molecule has 0 amide bonds. The summed E-state index contributed by atoms with van der Waals surface area (Å²) in [5.74, 6) is 0.681. The van der Waals surface area contributed by atoms with Crippen molar-refractivity contribution in [2.45, 2.75) is 32.6 Å². The quantitative estimate of drug-likeness (QED) is 0.578. The van der Waals surface area contributed by atoms with Gasteiger partial charge in [0.25, 0.3) is 0 Å². The van der Waals surface area contributed by atoms with Crippen LogP contribution in [0.25, 0.3) is 0 Å². The predicted octanol–water partition coefficient (Wildman–Crippen LogP) is 1.77. The van der Waals surface area contributed by atoms with Gasteiger partial charge in [-0.1, -0.05) is 6.92 Å². The molecule has 0 radical (unpaired) electrons. The third-order valence-corrected chi connectivity index (χ3v) is 2.40. The van der Waals surface area contributed by atoms with Crippen LogP contribution in [0.5, 0.6) is 0 Å². The lowest BCUT2D eigenvalue weighted by molar-refractivity contribution is 0.713. The Kier molecular flexibility index (Phi) is 1.10.